The first-order chi connectivity index (χ1) is 12.1. The van der Waals surface area contributed by atoms with Crippen LogP contribution in [-0.2, 0) is 7.05 Å². The predicted octanol–water partition coefficient (Wildman–Crippen LogP) is 1.05. The number of carbonyl (C=O) groups is 1. The summed E-state index contributed by atoms with van der Waals surface area (Å²) in [6, 6.07) is 8.58. The highest BCUT2D eigenvalue weighted by Crippen LogP contribution is 2.15. The third-order valence-corrected chi connectivity index (χ3v) is 4.31. The molecule has 7 heteroatoms. The summed E-state index contributed by atoms with van der Waals surface area (Å²) in [6.45, 7) is 1.28. The second-order valence-corrected chi connectivity index (χ2v) is 6.12. The molecule has 3 rings (SSSR count). The highest BCUT2D eigenvalue weighted by atomic mass is 16.2. The minimum atomic E-state index is -0.210. The van der Waals surface area contributed by atoms with E-state index in [1.54, 1.807) is 43.7 Å². The second-order valence-electron chi connectivity index (χ2n) is 6.12. The van der Waals surface area contributed by atoms with Gasteiger partial charge >= 0.3 is 0 Å². The van der Waals surface area contributed by atoms with Gasteiger partial charge in [-0.3, -0.25) is 9.59 Å². The van der Waals surface area contributed by atoms with E-state index in [0.717, 1.165) is 19.4 Å². The zero-order valence-electron chi connectivity index (χ0n) is 14.0. The monoisotopic (exact) mass is 337 g/mol. The van der Waals surface area contributed by atoms with E-state index in [4.69, 9.17) is 5.26 Å². The zero-order valence-corrected chi connectivity index (χ0v) is 14.0. The van der Waals surface area contributed by atoms with Gasteiger partial charge in [-0.05, 0) is 31.0 Å². The Balaban J connectivity index is 1.71. The Labute approximate surface area is 145 Å². The maximum atomic E-state index is 12.4. The van der Waals surface area contributed by atoms with Crippen molar-refractivity contribution in [3.8, 4) is 6.07 Å². The SMILES string of the molecule is Cn1ccnc(N2CCC[C@@H](NC(=O)c3cccc(C#N)c3)C2)c1=O. The van der Waals surface area contributed by atoms with Gasteiger partial charge in [-0.1, -0.05) is 6.07 Å². The number of benzene rings is 1. The number of hydrogen-bond acceptors (Lipinski definition) is 5. The highest BCUT2D eigenvalue weighted by Gasteiger charge is 2.24. The van der Waals surface area contributed by atoms with E-state index in [2.05, 4.69) is 10.3 Å². The minimum Gasteiger partial charge on any atom is -0.350 e. The Morgan fingerprint density at radius 1 is 1.44 bits per heavy atom. The molecule has 0 radical (unpaired) electrons. The fraction of sp³-hybridized carbons (Fsp3) is 0.333. The lowest BCUT2D eigenvalue weighted by atomic mass is 10.0. The van der Waals surface area contributed by atoms with Crippen molar-refractivity contribution < 1.29 is 4.79 Å². The molecule has 1 aromatic heterocycles. The molecule has 128 valence electrons. The van der Waals surface area contributed by atoms with Crippen LogP contribution in [0.5, 0.6) is 0 Å². The third kappa shape index (κ3) is 3.69. The molecule has 1 aliphatic heterocycles. The van der Waals surface area contributed by atoms with Crippen LogP contribution in [0, 0.1) is 11.3 Å². The number of carbonyl (C=O) groups excluding carboxylic acids is 1. The van der Waals surface area contributed by atoms with Crippen molar-refractivity contribution >= 4 is 11.7 Å². The number of amides is 1. The number of nitrogens with zero attached hydrogens (tertiary/aromatic N) is 4. The summed E-state index contributed by atoms with van der Waals surface area (Å²) < 4.78 is 1.50. The Morgan fingerprint density at radius 2 is 2.28 bits per heavy atom. The molecule has 1 saturated heterocycles. The maximum Gasteiger partial charge on any atom is 0.293 e. The molecule has 7 nitrogen and oxygen atoms in total. The van der Waals surface area contributed by atoms with E-state index in [9.17, 15) is 9.59 Å². The summed E-state index contributed by atoms with van der Waals surface area (Å²) in [4.78, 5) is 30.8. The first-order valence-electron chi connectivity index (χ1n) is 8.16. The van der Waals surface area contributed by atoms with Crippen LogP contribution in [0.4, 0.5) is 5.82 Å². The zero-order chi connectivity index (χ0) is 17.8. The van der Waals surface area contributed by atoms with Crippen molar-refractivity contribution in [3.63, 3.8) is 0 Å². The lowest BCUT2D eigenvalue weighted by Crippen LogP contribution is -2.49. The number of rotatable bonds is 3. The molecule has 1 fully saturated rings. The Kier molecular flexibility index (Phi) is 4.80. The summed E-state index contributed by atoms with van der Waals surface area (Å²) in [6.07, 6.45) is 4.93. The molecule has 0 saturated carbocycles. The Bertz CT molecular complexity index is 884. The number of nitrogens with one attached hydrogen (secondary N) is 1. The first kappa shape index (κ1) is 16.7. The first-order valence-corrected chi connectivity index (χ1v) is 8.16. The molecule has 1 N–H and O–H groups in total. The summed E-state index contributed by atoms with van der Waals surface area (Å²) in [5, 5.41) is 11.9. The largest absolute Gasteiger partial charge is 0.350 e. The predicted molar refractivity (Wildman–Crippen MR) is 93.3 cm³/mol. The van der Waals surface area contributed by atoms with Crippen molar-refractivity contribution in [1.29, 1.82) is 5.26 Å². The van der Waals surface area contributed by atoms with Crippen LogP contribution in [-0.4, -0.2) is 34.6 Å². The van der Waals surface area contributed by atoms with Crippen molar-refractivity contribution in [2.45, 2.75) is 18.9 Å². The molecular formula is C18H19N5O2. The quantitative estimate of drug-likeness (QED) is 0.904. The Hall–Kier alpha value is -3.14. The van der Waals surface area contributed by atoms with Crippen LogP contribution in [0.25, 0.3) is 0 Å². The molecule has 2 aromatic rings. The van der Waals surface area contributed by atoms with Crippen LogP contribution in [0.2, 0.25) is 0 Å². The van der Waals surface area contributed by atoms with Gasteiger partial charge in [0.15, 0.2) is 5.82 Å². The van der Waals surface area contributed by atoms with Gasteiger partial charge in [0.25, 0.3) is 11.5 Å². The Morgan fingerprint density at radius 3 is 3.08 bits per heavy atom. The highest BCUT2D eigenvalue weighted by molar-refractivity contribution is 5.94. The molecule has 1 aliphatic rings. The summed E-state index contributed by atoms with van der Waals surface area (Å²) in [5.74, 6) is 0.202. The summed E-state index contributed by atoms with van der Waals surface area (Å²) in [5.41, 5.74) is 0.774. The van der Waals surface area contributed by atoms with Crippen LogP contribution in [0.3, 0.4) is 0 Å². The topological polar surface area (TPSA) is 91.0 Å². The number of hydrogen-bond donors (Lipinski definition) is 1. The fourth-order valence-electron chi connectivity index (χ4n) is 2.99. The van der Waals surface area contributed by atoms with Crippen LogP contribution >= 0.6 is 0 Å². The third-order valence-electron chi connectivity index (χ3n) is 4.31. The molecule has 2 heterocycles. The van der Waals surface area contributed by atoms with E-state index in [0.29, 0.717) is 23.5 Å². The smallest absolute Gasteiger partial charge is 0.293 e. The molecule has 1 atom stereocenters. The van der Waals surface area contributed by atoms with Crippen molar-refractivity contribution in [2.75, 3.05) is 18.0 Å². The number of piperidine rings is 1. The van der Waals surface area contributed by atoms with E-state index < -0.39 is 0 Å². The lowest BCUT2D eigenvalue weighted by Gasteiger charge is -2.33. The lowest BCUT2D eigenvalue weighted by molar-refractivity contribution is 0.0933. The van der Waals surface area contributed by atoms with E-state index >= 15 is 0 Å². The normalized spacial score (nSPS) is 17.0. The number of aromatic nitrogens is 2. The van der Waals surface area contributed by atoms with Gasteiger partial charge in [-0.2, -0.15) is 5.26 Å². The number of anilines is 1. The van der Waals surface area contributed by atoms with Gasteiger partial charge in [-0.25, -0.2) is 4.98 Å². The number of nitriles is 1. The molecule has 0 bridgehead atoms. The van der Waals surface area contributed by atoms with Crippen molar-refractivity contribution in [2.24, 2.45) is 7.05 Å². The minimum absolute atomic E-state index is 0.0706. The van der Waals surface area contributed by atoms with Crippen LogP contribution < -0.4 is 15.8 Å². The molecule has 25 heavy (non-hydrogen) atoms. The van der Waals surface area contributed by atoms with E-state index in [-0.39, 0.29) is 17.5 Å². The molecule has 0 spiro atoms. The molecule has 0 unspecified atom stereocenters. The van der Waals surface area contributed by atoms with Gasteiger partial charge in [0.1, 0.15) is 0 Å². The van der Waals surface area contributed by atoms with Gasteiger partial charge in [0, 0.05) is 44.1 Å². The molecule has 0 aliphatic carbocycles. The molecular weight excluding hydrogens is 318 g/mol. The average molecular weight is 337 g/mol. The molecule has 1 amide bonds. The molecule has 1 aromatic carbocycles. The summed E-state index contributed by atoms with van der Waals surface area (Å²) in [7, 11) is 1.69. The second kappa shape index (κ2) is 7.18. The van der Waals surface area contributed by atoms with Gasteiger partial charge in [-0.15, -0.1) is 0 Å². The maximum absolute atomic E-state index is 12.4. The fourth-order valence-corrected chi connectivity index (χ4v) is 2.99. The van der Waals surface area contributed by atoms with Crippen molar-refractivity contribution in [1.82, 2.24) is 14.9 Å². The van der Waals surface area contributed by atoms with Gasteiger partial charge in [0.2, 0.25) is 0 Å². The van der Waals surface area contributed by atoms with Crippen molar-refractivity contribution in [3.05, 3.63) is 58.1 Å². The van der Waals surface area contributed by atoms with E-state index in [1.807, 2.05) is 11.0 Å². The van der Waals surface area contributed by atoms with Gasteiger partial charge in [0.05, 0.1) is 11.6 Å². The van der Waals surface area contributed by atoms with Gasteiger partial charge < -0.3 is 14.8 Å². The van der Waals surface area contributed by atoms with Crippen LogP contribution in [0.1, 0.15) is 28.8 Å². The van der Waals surface area contributed by atoms with Crippen LogP contribution in [0.15, 0.2) is 41.5 Å². The average Bonchev–Trinajstić information content (AvgIpc) is 2.64. The standard InChI is InChI=1S/C18H19N5O2/c1-22-9-7-20-16(18(22)25)23-8-3-6-15(12-23)21-17(24)14-5-2-4-13(10-14)11-19/h2,4-5,7,9-10,15H,3,6,8,12H2,1H3,(H,21,24)/t15-/m1/s1. The number of aryl methyl sites for hydroxylation is 1. The summed E-state index contributed by atoms with van der Waals surface area (Å²) >= 11 is 0. The van der Waals surface area contributed by atoms with E-state index in [1.165, 1.54) is 4.57 Å².